The largest absolute Gasteiger partial charge is 0.388 e. The summed E-state index contributed by atoms with van der Waals surface area (Å²) in [6.45, 7) is 1.55. The predicted molar refractivity (Wildman–Crippen MR) is 81.9 cm³/mol. The molecule has 3 rings (SSSR count). The standard InChI is InChI=1S/C17H15N3O2/c1-12-18-19-16(11-21)20(12)15-10-6-5-9-14(15)17(22)13-7-3-2-4-8-13/h2-10,21H,11H2,1H3. The zero-order valence-electron chi connectivity index (χ0n) is 12.1. The Morgan fingerprint density at radius 2 is 1.73 bits per heavy atom. The Kier molecular flexibility index (Phi) is 3.80. The number of carbonyl (C=O) groups is 1. The monoisotopic (exact) mass is 293 g/mol. The van der Waals surface area contributed by atoms with Gasteiger partial charge < -0.3 is 5.11 Å². The van der Waals surface area contributed by atoms with Crippen molar-refractivity contribution < 1.29 is 9.90 Å². The van der Waals surface area contributed by atoms with E-state index in [1.54, 1.807) is 29.7 Å². The van der Waals surface area contributed by atoms with Crippen LogP contribution in [-0.2, 0) is 6.61 Å². The van der Waals surface area contributed by atoms with Crippen LogP contribution >= 0.6 is 0 Å². The van der Waals surface area contributed by atoms with Crippen molar-refractivity contribution in [2.45, 2.75) is 13.5 Å². The third-order valence-corrected chi connectivity index (χ3v) is 3.46. The van der Waals surface area contributed by atoms with Crippen LogP contribution in [0.2, 0.25) is 0 Å². The van der Waals surface area contributed by atoms with E-state index < -0.39 is 0 Å². The van der Waals surface area contributed by atoms with E-state index in [9.17, 15) is 9.90 Å². The topological polar surface area (TPSA) is 68.0 Å². The van der Waals surface area contributed by atoms with Crippen molar-refractivity contribution in [3.8, 4) is 5.69 Å². The summed E-state index contributed by atoms with van der Waals surface area (Å²) in [4.78, 5) is 12.8. The van der Waals surface area contributed by atoms with E-state index in [1.165, 1.54) is 0 Å². The molecule has 0 saturated carbocycles. The molecule has 5 heteroatoms. The second kappa shape index (κ2) is 5.91. The van der Waals surface area contributed by atoms with Gasteiger partial charge in [0.1, 0.15) is 12.4 Å². The number of aromatic nitrogens is 3. The highest BCUT2D eigenvalue weighted by Gasteiger charge is 2.18. The van der Waals surface area contributed by atoms with Crippen molar-refractivity contribution in [3.05, 3.63) is 77.4 Å². The molecular weight excluding hydrogens is 278 g/mol. The van der Waals surface area contributed by atoms with E-state index in [1.807, 2.05) is 36.4 Å². The van der Waals surface area contributed by atoms with Gasteiger partial charge in [-0.3, -0.25) is 9.36 Å². The van der Waals surface area contributed by atoms with Gasteiger partial charge in [-0.2, -0.15) is 0 Å². The average Bonchev–Trinajstić information content (AvgIpc) is 2.95. The van der Waals surface area contributed by atoms with Crippen molar-refractivity contribution >= 4 is 5.78 Å². The number of aliphatic hydroxyl groups is 1. The average molecular weight is 293 g/mol. The van der Waals surface area contributed by atoms with E-state index in [2.05, 4.69) is 10.2 Å². The molecular formula is C17H15N3O2. The van der Waals surface area contributed by atoms with Crippen LogP contribution in [-0.4, -0.2) is 25.7 Å². The summed E-state index contributed by atoms with van der Waals surface area (Å²) in [6, 6.07) is 16.4. The zero-order valence-corrected chi connectivity index (χ0v) is 12.1. The summed E-state index contributed by atoms with van der Waals surface area (Å²) < 4.78 is 1.70. The SMILES string of the molecule is Cc1nnc(CO)n1-c1ccccc1C(=O)c1ccccc1. The fraction of sp³-hybridized carbons (Fsp3) is 0.118. The Morgan fingerprint density at radius 3 is 2.45 bits per heavy atom. The summed E-state index contributed by atoms with van der Waals surface area (Å²) in [7, 11) is 0. The lowest BCUT2D eigenvalue weighted by atomic mass is 10.0. The van der Waals surface area contributed by atoms with Crippen molar-refractivity contribution in [2.24, 2.45) is 0 Å². The Bertz CT molecular complexity index is 810. The maximum atomic E-state index is 12.8. The van der Waals surface area contributed by atoms with Gasteiger partial charge in [0.25, 0.3) is 0 Å². The van der Waals surface area contributed by atoms with Crippen molar-refractivity contribution in [3.63, 3.8) is 0 Å². The Balaban J connectivity index is 2.15. The van der Waals surface area contributed by atoms with Gasteiger partial charge in [0.05, 0.1) is 5.69 Å². The van der Waals surface area contributed by atoms with Crippen LogP contribution in [0.15, 0.2) is 54.6 Å². The summed E-state index contributed by atoms with van der Waals surface area (Å²) >= 11 is 0. The van der Waals surface area contributed by atoms with Crippen LogP contribution < -0.4 is 0 Å². The summed E-state index contributed by atoms with van der Waals surface area (Å²) in [5, 5.41) is 17.3. The third-order valence-electron chi connectivity index (χ3n) is 3.46. The predicted octanol–water partition coefficient (Wildman–Crippen LogP) is 2.30. The van der Waals surface area contributed by atoms with Gasteiger partial charge in [0.15, 0.2) is 11.6 Å². The molecule has 5 nitrogen and oxygen atoms in total. The number of aliphatic hydroxyl groups excluding tert-OH is 1. The minimum absolute atomic E-state index is 0.0758. The number of para-hydroxylation sites is 1. The number of aryl methyl sites for hydroxylation is 1. The van der Waals surface area contributed by atoms with Crippen molar-refractivity contribution in [1.29, 1.82) is 0 Å². The molecule has 0 aliphatic carbocycles. The van der Waals surface area contributed by atoms with Crippen molar-refractivity contribution in [2.75, 3.05) is 0 Å². The molecule has 0 saturated heterocycles. The van der Waals surface area contributed by atoms with Gasteiger partial charge in [0.2, 0.25) is 0 Å². The van der Waals surface area contributed by atoms with E-state index >= 15 is 0 Å². The molecule has 0 amide bonds. The Hall–Kier alpha value is -2.79. The normalized spacial score (nSPS) is 10.6. The number of benzene rings is 2. The molecule has 110 valence electrons. The molecule has 3 aromatic rings. The molecule has 0 radical (unpaired) electrons. The van der Waals surface area contributed by atoms with Crippen LogP contribution in [0, 0.1) is 6.92 Å². The van der Waals surface area contributed by atoms with Gasteiger partial charge in [-0.25, -0.2) is 0 Å². The summed E-state index contributed by atoms with van der Waals surface area (Å²) in [6.07, 6.45) is 0. The van der Waals surface area contributed by atoms with E-state index in [4.69, 9.17) is 0 Å². The highest BCUT2D eigenvalue weighted by molar-refractivity contribution is 6.11. The molecule has 1 heterocycles. The molecule has 2 aromatic carbocycles. The molecule has 0 aliphatic rings. The second-order valence-electron chi connectivity index (χ2n) is 4.87. The first-order valence-corrected chi connectivity index (χ1v) is 6.93. The van der Waals surface area contributed by atoms with Gasteiger partial charge in [-0.1, -0.05) is 42.5 Å². The van der Waals surface area contributed by atoms with Crippen LogP contribution in [0.1, 0.15) is 27.6 Å². The molecule has 1 aromatic heterocycles. The number of nitrogens with zero attached hydrogens (tertiary/aromatic N) is 3. The van der Waals surface area contributed by atoms with Gasteiger partial charge >= 0.3 is 0 Å². The van der Waals surface area contributed by atoms with E-state index in [0.29, 0.717) is 28.5 Å². The van der Waals surface area contributed by atoms with Crippen LogP contribution in [0.5, 0.6) is 0 Å². The van der Waals surface area contributed by atoms with Gasteiger partial charge in [-0.15, -0.1) is 10.2 Å². The molecule has 0 aliphatic heterocycles. The molecule has 0 spiro atoms. The fourth-order valence-corrected chi connectivity index (χ4v) is 2.43. The minimum Gasteiger partial charge on any atom is -0.388 e. The van der Waals surface area contributed by atoms with Crippen LogP contribution in [0.25, 0.3) is 5.69 Å². The molecule has 22 heavy (non-hydrogen) atoms. The van der Waals surface area contributed by atoms with Gasteiger partial charge in [-0.05, 0) is 19.1 Å². The molecule has 0 bridgehead atoms. The fourth-order valence-electron chi connectivity index (χ4n) is 2.43. The lowest BCUT2D eigenvalue weighted by molar-refractivity contribution is 0.103. The summed E-state index contributed by atoms with van der Waals surface area (Å²) in [5.74, 6) is 0.955. The number of carbonyl (C=O) groups excluding carboxylic acids is 1. The third kappa shape index (κ3) is 2.42. The number of hydrogen-bond acceptors (Lipinski definition) is 4. The molecule has 1 N–H and O–H groups in total. The van der Waals surface area contributed by atoms with Crippen molar-refractivity contribution in [1.82, 2.24) is 14.8 Å². The van der Waals surface area contributed by atoms with E-state index in [-0.39, 0.29) is 12.4 Å². The van der Waals surface area contributed by atoms with Gasteiger partial charge in [0, 0.05) is 11.1 Å². The first kappa shape index (κ1) is 14.2. The highest BCUT2D eigenvalue weighted by Crippen LogP contribution is 2.21. The molecule has 0 unspecified atom stereocenters. The first-order valence-electron chi connectivity index (χ1n) is 6.93. The lowest BCUT2D eigenvalue weighted by Crippen LogP contribution is -2.10. The van der Waals surface area contributed by atoms with E-state index in [0.717, 1.165) is 0 Å². The first-order chi connectivity index (χ1) is 10.7. The Labute approximate surface area is 127 Å². The quantitative estimate of drug-likeness (QED) is 0.749. The number of hydrogen-bond donors (Lipinski definition) is 1. The molecule has 0 fully saturated rings. The molecule has 0 atom stereocenters. The lowest BCUT2D eigenvalue weighted by Gasteiger charge is -2.12. The maximum absolute atomic E-state index is 12.8. The van der Waals surface area contributed by atoms with Crippen LogP contribution in [0.3, 0.4) is 0 Å². The smallest absolute Gasteiger partial charge is 0.195 e. The summed E-state index contributed by atoms with van der Waals surface area (Å²) in [5.41, 5.74) is 1.83. The second-order valence-corrected chi connectivity index (χ2v) is 4.87. The Morgan fingerprint density at radius 1 is 1.05 bits per heavy atom. The number of rotatable bonds is 4. The highest BCUT2D eigenvalue weighted by atomic mass is 16.3. The number of ketones is 1. The zero-order chi connectivity index (χ0) is 15.5. The van der Waals surface area contributed by atoms with Crippen LogP contribution in [0.4, 0.5) is 0 Å². The minimum atomic E-state index is -0.241. The maximum Gasteiger partial charge on any atom is 0.195 e.